The average Bonchev–Trinajstić information content (AvgIpc) is 2.76. The van der Waals surface area contributed by atoms with Crippen molar-refractivity contribution >= 4 is 27.6 Å². The number of hydrogen-bond donors (Lipinski definition) is 1. The molecule has 5 nitrogen and oxygen atoms in total. The smallest absolute Gasteiger partial charge is 0.305 e. The van der Waals surface area contributed by atoms with Gasteiger partial charge in [0.2, 0.25) is 10.0 Å². The summed E-state index contributed by atoms with van der Waals surface area (Å²) in [6, 6.07) is 13.8. The number of carbonyl (C=O) groups is 1. The van der Waals surface area contributed by atoms with E-state index in [2.05, 4.69) is 23.3 Å². The largest absolute Gasteiger partial charge is 0.469 e. The monoisotopic (exact) mass is 479 g/mol. The summed E-state index contributed by atoms with van der Waals surface area (Å²) in [6.07, 6.45) is 5.71. The Balaban J connectivity index is 2.11. The van der Waals surface area contributed by atoms with Gasteiger partial charge in [0.15, 0.2) is 0 Å². The van der Waals surface area contributed by atoms with Crippen LogP contribution in [0.1, 0.15) is 69.5 Å². The van der Waals surface area contributed by atoms with E-state index in [9.17, 15) is 13.2 Å². The van der Waals surface area contributed by atoms with E-state index in [1.165, 1.54) is 19.2 Å². The first kappa shape index (κ1) is 26.4. The predicted octanol–water partition coefficient (Wildman–Crippen LogP) is 6.07. The Labute approximate surface area is 197 Å². The zero-order valence-corrected chi connectivity index (χ0v) is 20.7. The fourth-order valence-corrected chi connectivity index (χ4v) is 4.90. The number of carbonyl (C=O) groups excluding carboxylic acids is 1. The fraction of sp³-hybridized carbons (Fsp3) is 0.480. The van der Waals surface area contributed by atoms with Gasteiger partial charge >= 0.3 is 5.97 Å². The van der Waals surface area contributed by atoms with Gasteiger partial charge in [-0.05, 0) is 60.6 Å². The van der Waals surface area contributed by atoms with E-state index >= 15 is 0 Å². The normalized spacial score (nSPS) is 12.7. The van der Waals surface area contributed by atoms with Crippen molar-refractivity contribution in [3.63, 3.8) is 0 Å². The van der Waals surface area contributed by atoms with Gasteiger partial charge in [0.1, 0.15) is 0 Å². The predicted molar refractivity (Wildman–Crippen MR) is 129 cm³/mol. The standard InChI is InChI=1S/C25H34ClNO4S/c1-19(2)7-4-5-9-24(27-32(29,30)23-17-15-22(26)16-18-23)21-13-11-20(12-14-21)8-6-10-25(28)31-3/h11-19,24,27H,4-10H2,1-3H3. The van der Waals surface area contributed by atoms with Crippen LogP contribution in [-0.2, 0) is 26.0 Å². The number of unbranched alkanes of at least 4 members (excludes halogenated alkanes) is 1. The van der Waals surface area contributed by atoms with Gasteiger partial charge in [-0.25, -0.2) is 13.1 Å². The first-order chi connectivity index (χ1) is 15.2. The van der Waals surface area contributed by atoms with E-state index in [-0.39, 0.29) is 16.9 Å². The van der Waals surface area contributed by atoms with E-state index in [0.29, 0.717) is 23.8 Å². The second-order valence-electron chi connectivity index (χ2n) is 8.48. The molecule has 0 heterocycles. The van der Waals surface area contributed by atoms with E-state index in [4.69, 9.17) is 11.6 Å². The van der Waals surface area contributed by atoms with E-state index < -0.39 is 10.0 Å². The molecule has 2 aromatic carbocycles. The highest BCUT2D eigenvalue weighted by Crippen LogP contribution is 2.25. The van der Waals surface area contributed by atoms with Crippen molar-refractivity contribution < 1.29 is 17.9 Å². The van der Waals surface area contributed by atoms with Crippen LogP contribution >= 0.6 is 11.6 Å². The third-order valence-corrected chi connectivity index (χ3v) is 7.14. The molecule has 2 aromatic rings. The molecule has 1 unspecified atom stereocenters. The van der Waals surface area contributed by atoms with Crippen LogP contribution in [0, 0.1) is 5.92 Å². The molecular formula is C25H34ClNO4S. The molecule has 0 aliphatic rings. The maximum Gasteiger partial charge on any atom is 0.305 e. The number of halogens is 1. The number of sulfonamides is 1. The van der Waals surface area contributed by atoms with Crippen LogP contribution in [0.3, 0.4) is 0 Å². The molecule has 0 aliphatic heterocycles. The number of esters is 1. The second-order valence-corrected chi connectivity index (χ2v) is 10.6. The molecule has 0 bridgehead atoms. The van der Waals surface area contributed by atoms with Crippen LogP contribution in [0.2, 0.25) is 5.02 Å². The number of ether oxygens (including phenoxy) is 1. The number of nitrogens with one attached hydrogen (secondary N) is 1. The fourth-order valence-electron chi connectivity index (χ4n) is 3.52. The number of aryl methyl sites for hydroxylation is 1. The highest BCUT2D eigenvalue weighted by Gasteiger charge is 2.21. The third-order valence-electron chi connectivity index (χ3n) is 5.40. The van der Waals surface area contributed by atoms with Crippen molar-refractivity contribution in [3.8, 4) is 0 Å². The zero-order chi connectivity index (χ0) is 23.6. The molecule has 1 atom stereocenters. The van der Waals surface area contributed by atoms with Gasteiger partial charge in [0.25, 0.3) is 0 Å². The summed E-state index contributed by atoms with van der Waals surface area (Å²) in [5.74, 6) is 0.420. The molecular weight excluding hydrogens is 446 g/mol. The minimum absolute atomic E-state index is 0.202. The van der Waals surface area contributed by atoms with Crippen LogP contribution in [-0.4, -0.2) is 21.5 Å². The maximum atomic E-state index is 13.0. The maximum absolute atomic E-state index is 13.0. The van der Waals surface area contributed by atoms with Crippen molar-refractivity contribution in [1.29, 1.82) is 0 Å². The lowest BCUT2D eigenvalue weighted by molar-refractivity contribution is -0.140. The topological polar surface area (TPSA) is 72.5 Å². The molecule has 0 spiro atoms. The van der Waals surface area contributed by atoms with Crippen molar-refractivity contribution in [1.82, 2.24) is 4.72 Å². The van der Waals surface area contributed by atoms with Gasteiger partial charge < -0.3 is 4.74 Å². The minimum atomic E-state index is -3.67. The number of rotatable bonds is 13. The van der Waals surface area contributed by atoms with Gasteiger partial charge in [-0.3, -0.25) is 4.79 Å². The molecule has 0 fully saturated rings. The lowest BCUT2D eigenvalue weighted by atomic mass is 9.97. The Bertz CT molecular complexity index is 941. The molecule has 0 saturated heterocycles. The Kier molecular flexibility index (Phi) is 10.7. The van der Waals surface area contributed by atoms with E-state index in [0.717, 1.165) is 43.2 Å². The Morgan fingerprint density at radius 3 is 2.19 bits per heavy atom. The summed E-state index contributed by atoms with van der Waals surface area (Å²) < 4.78 is 33.5. The Hall–Kier alpha value is -1.89. The summed E-state index contributed by atoms with van der Waals surface area (Å²) in [5.41, 5.74) is 2.04. The van der Waals surface area contributed by atoms with Crippen molar-refractivity contribution in [2.75, 3.05) is 7.11 Å². The van der Waals surface area contributed by atoms with Crippen LogP contribution in [0.25, 0.3) is 0 Å². The molecule has 7 heteroatoms. The van der Waals surface area contributed by atoms with E-state index in [1.54, 1.807) is 12.1 Å². The lowest BCUT2D eigenvalue weighted by Crippen LogP contribution is -2.28. The lowest BCUT2D eigenvalue weighted by Gasteiger charge is -2.20. The van der Waals surface area contributed by atoms with Gasteiger partial charge in [0, 0.05) is 17.5 Å². The van der Waals surface area contributed by atoms with Crippen molar-refractivity contribution in [3.05, 3.63) is 64.7 Å². The number of benzene rings is 2. The Morgan fingerprint density at radius 1 is 0.969 bits per heavy atom. The Morgan fingerprint density at radius 2 is 1.59 bits per heavy atom. The molecule has 0 saturated carbocycles. The van der Waals surface area contributed by atoms with Crippen molar-refractivity contribution in [2.45, 2.75) is 69.7 Å². The average molecular weight is 480 g/mol. The second kappa shape index (κ2) is 13.0. The third kappa shape index (κ3) is 8.93. The first-order valence-electron chi connectivity index (χ1n) is 11.1. The van der Waals surface area contributed by atoms with Crippen LogP contribution < -0.4 is 4.72 Å². The molecule has 2 rings (SSSR count). The van der Waals surface area contributed by atoms with Crippen molar-refractivity contribution in [2.24, 2.45) is 5.92 Å². The summed E-state index contributed by atoms with van der Waals surface area (Å²) in [5, 5.41) is 0.497. The molecule has 176 valence electrons. The molecule has 0 radical (unpaired) electrons. The van der Waals surface area contributed by atoms with Gasteiger partial charge in [-0.15, -0.1) is 0 Å². The highest BCUT2D eigenvalue weighted by molar-refractivity contribution is 7.89. The van der Waals surface area contributed by atoms with Crippen LogP contribution in [0.4, 0.5) is 0 Å². The quantitative estimate of drug-likeness (QED) is 0.279. The van der Waals surface area contributed by atoms with Gasteiger partial charge in [0.05, 0.1) is 12.0 Å². The first-order valence-corrected chi connectivity index (χ1v) is 13.0. The summed E-state index contributed by atoms with van der Waals surface area (Å²) in [4.78, 5) is 11.5. The number of hydrogen-bond acceptors (Lipinski definition) is 4. The molecule has 0 aliphatic carbocycles. The summed E-state index contributed by atoms with van der Waals surface area (Å²) in [6.45, 7) is 4.39. The van der Waals surface area contributed by atoms with Gasteiger partial charge in [-0.1, -0.05) is 69.0 Å². The SMILES string of the molecule is COC(=O)CCCc1ccc(C(CCCCC(C)C)NS(=O)(=O)c2ccc(Cl)cc2)cc1. The van der Waals surface area contributed by atoms with Crippen LogP contribution in [0.15, 0.2) is 53.4 Å². The molecule has 32 heavy (non-hydrogen) atoms. The van der Waals surface area contributed by atoms with E-state index in [1.807, 2.05) is 24.3 Å². The molecule has 1 N–H and O–H groups in total. The van der Waals surface area contributed by atoms with Gasteiger partial charge in [-0.2, -0.15) is 0 Å². The molecule has 0 amide bonds. The molecule has 0 aromatic heterocycles. The van der Waals surface area contributed by atoms with Crippen LogP contribution in [0.5, 0.6) is 0 Å². The minimum Gasteiger partial charge on any atom is -0.469 e. The highest BCUT2D eigenvalue weighted by atomic mass is 35.5. The number of methoxy groups -OCH3 is 1. The summed E-state index contributed by atoms with van der Waals surface area (Å²) >= 11 is 5.91. The summed E-state index contributed by atoms with van der Waals surface area (Å²) in [7, 11) is -2.28. The zero-order valence-electron chi connectivity index (χ0n) is 19.1.